The predicted molar refractivity (Wildman–Crippen MR) is 50.5 cm³/mol. The molecule has 8 heteroatoms. The molecule has 0 radical (unpaired) electrons. The highest BCUT2D eigenvalue weighted by Gasteiger charge is 2.30. The van der Waals surface area contributed by atoms with Crippen molar-refractivity contribution in [2.45, 2.75) is 5.25 Å². The highest BCUT2D eigenvalue weighted by Crippen LogP contribution is 2.14. The number of amides is 1. The molecule has 0 saturated carbocycles. The number of nitrogens with two attached hydrogens (primary N) is 1. The van der Waals surface area contributed by atoms with Gasteiger partial charge in [0.25, 0.3) is 10.2 Å². The number of nitrogens with one attached hydrogen (secondary N) is 1. The highest BCUT2D eigenvalue weighted by atomic mass is 32.2. The lowest BCUT2D eigenvalue weighted by Gasteiger charge is -2.33. The number of hydrogen-bond acceptors (Lipinski definition) is 4. The van der Waals surface area contributed by atoms with Gasteiger partial charge in [-0.3, -0.25) is 4.79 Å². The summed E-state index contributed by atoms with van der Waals surface area (Å²) in [6, 6.07) is 0. The molecule has 0 bridgehead atoms. The van der Waals surface area contributed by atoms with E-state index in [-0.39, 0.29) is 11.2 Å². The van der Waals surface area contributed by atoms with Crippen LogP contribution in [0.3, 0.4) is 0 Å². The maximum Gasteiger partial charge on any atom is 0.276 e. The first kappa shape index (κ1) is 10.8. The summed E-state index contributed by atoms with van der Waals surface area (Å²) >= 11 is 4.01. The third-order valence-electron chi connectivity index (χ3n) is 1.51. The maximum absolute atomic E-state index is 10.4. The van der Waals surface area contributed by atoms with Gasteiger partial charge in [-0.05, 0) is 0 Å². The monoisotopic (exact) mass is 225 g/mol. The Kier molecular flexibility index (Phi) is 3.17. The van der Waals surface area contributed by atoms with Gasteiger partial charge in [-0.25, -0.2) is 5.14 Å². The molecular formula is C5H11N3O3S2. The minimum Gasteiger partial charge on any atom is -0.346 e. The van der Waals surface area contributed by atoms with Gasteiger partial charge in [-0.1, -0.05) is 0 Å². The molecule has 76 valence electrons. The van der Waals surface area contributed by atoms with Crippen LogP contribution in [0.25, 0.3) is 0 Å². The van der Waals surface area contributed by atoms with Crippen molar-refractivity contribution in [3.63, 3.8) is 0 Å². The molecule has 0 aromatic heterocycles. The van der Waals surface area contributed by atoms with E-state index in [2.05, 4.69) is 17.9 Å². The first-order valence-corrected chi connectivity index (χ1v) is 5.64. The summed E-state index contributed by atoms with van der Waals surface area (Å²) < 4.78 is 22.0. The fraction of sp³-hybridized carbons (Fsp3) is 0.800. The topological polar surface area (TPSA) is 102 Å². The summed E-state index contributed by atoms with van der Waals surface area (Å²) in [5, 5.41) is 7.40. The smallest absolute Gasteiger partial charge is 0.276 e. The average Bonchev–Trinajstić information content (AvgIpc) is 2.64. The molecule has 1 amide bonds. The van der Waals surface area contributed by atoms with Crippen molar-refractivity contribution >= 4 is 28.7 Å². The molecule has 13 heavy (non-hydrogen) atoms. The SMILES string of the molecule is NS(=O)(=O)N1CC(S)C1.O=C1CN1. The van der Waals surface area contributed by atoms with Crippen LogP contribution in [0.4, 0.5) is 0 Å². The Morgan fingerprint density at radius 3 is 2.00 bits per heavy atom. The lowest BCUT2D eigenvalue weighted by molar-refractivity contribution is -0.110. The molecule has 2 aliphatic heterocycles. The van der Waals surface area contributed by atoms with Crippen LogP contribution in [0.5, 0.6) is 0 Å². The Balaban J connectivity index is 0.000000175. The van der Waals surface area contributed by atoms with Gasteiger partial charge < -0.3 is 5.32 Å². The molecule has 2 saturated heterocycles. The van der Waals surface area contributed by atoms with Gasteiger partial charge in [-0.2, -0.15) is 25.4 Å². The van der Waals surface area contributed by atoms with Crippen molar-refractivity contribution in [1.82, 2.24) is 9.62 Å². The van der Waals surface area contributed by atoms with Crippen LogP contribution in [0.15, 0.2) is 0 Å². The minimum absolute atomic E-state index is 0.167. The first-order valence-electron chi connectivity index (χ1n) is 3.62. The number of thiol groups is 1. The number of carbonyl (C=O) groups excluding carboxylic acids is 1. The van der Waals surface area contributed by atoms with Crippen LogP contribution in [-0.2, 0) is 15.0 Å². The van der Waals surface area contributed by atoms with Crippen LogP contribution < -0.4 is 10.5 Å². The van der Waals surface area contributed by atoms with Gasteiger partial charge in [0, 0.05) is 18.3 Å². The normalized spacial score (nSPS) is 22.5. The molecule has 2 rings (SSSR count). The molecule has 2 fully saturated rings. The summed E-state index contributed by atoms with van der Waals surface area (Å²) in [7, 11) is -3.41. The standard InChI is InChI=1S/C3H8N2O2S2.C2H3NO/c4-9(6,7)5-1-3(8)2-5;4-2-1-3-2/h3,8H,1-2H2,(H2,4,6,7);1H2,(H,3,4). The minimum atomic E-state index is -3.41. The van der Waals surface area contributed by atoms with Crippen LogP contribution >= 0.6 is 12.6 Å². The third kappa shape index (κ3) is 3.94. The van der Waals surface area contributed by atoms with E-state index in [9.17, 15) is 13.2 Å². The molecule has 6 nitrogen and oxygen atoms in total. The molecule has 0 aromatic rings. The second-order valence-corrected chi connectivity index (χ2v) is 5.07. The molecule has 0 unspecified atom stereocenters. The second-order valence-electron chi connectivity index (χ2n) is 2.79. The first-order chi connectivity index (χ1) is 5.89. The molecule has 0 aromatic carbocycles. The summed E-state index contributed by atoms with van der Waals surface area (Å²) in [4.78, 5) is 9.44. The van der Waals surface area contributed by atoms with Crippen molar-refractivity contribution in [3.05, 3.63) is 0 Å². The Bertz CT molecular complexity index is 290. The van der Waals surface area contributed by atoms with Gasteiger partial charge in [0.05, 0.1) is 6.54 Å². The van der Waals surface area contributed by atoms with Crippen molar-refractivity contribution in [2.24, 2.45) is 5.14 Å². The fourth-order valence-corrected chi connectivity index (χ4v) is 2.05. The zero-order valence-electron chi connectivity index (χ0n) is 6.80. The van der Waals surface area contributed by atoms with E-state index in [4.69, 9.17) is 5.14 Å². The van der Waals surface area contributed by atoms with Crippen LogP contribution in [-0.4, -0.2) is 43.5 Å². The largest absolute Gasteiger partial charge is 0.346 e. The van der Waals surface area contributed by atoms with E-state index in [1.807, 2.05) is 0 Å². The van der Waals surface area contributed by atoms with E-state index in [0.717, 1.165) is 0 Å². The van der Waals surface area contributed by atoms with Crippen LogP contribution in [0.2, 0.25) is 0 Å². The highest BCUT2D eigenvalue weighted by molar-refractivity contribution is 7.87. The molecule has 0 spiro atoms. The van der Waals surface area contributed by atoms with Crippen molar-refractivity contribution in [1.29, 1.82) is 0 Å². The van der Waals surface area contributed by atoms with E-state index < -0.39 is 10.2 Å². The molecule has 0 atom stereocenters. The van der Waals surface area contributed by atoms with Crippen LogP contribution in [0, 0.1) is 0 Å². The van der Waals surface area contributed by atoms with Crippen molar-refractivity contribution < 1.29 is 13.2 Å². The summed E-state index contributed by atoms with van der Waals surface area (Å²) in [5.74, 6) is 0.167. The number of nitrogens with zero attached hydrogens (tertiary/aromatic N) is 1. The molecule has 2 heterocycles. The molecule has 3 N–H and O–H groups in total. The zero-order chi connectivity index (χ0) is 10.1. The van der Waals surface area contributed by atoms with Crippen molar-refractivity contribution in [3.8, 4) is 0 Å². The fourth-order valence-electron chi connectivity index (χ4n) is 0.661. The Morgan fingerprint density at radius 2 is 1.92 bits per heavy atom. The lowest BCUT2D eigenvalue weighted by atomic mass is 10.3. The van der Waals surface area contributed by atoms with E-state index in [0.29, 0.717) is 19.6 Å². The third-order valence-corrected chi connectivity index (χ3v) is 2.85. The van der Waals surface area contributed by atoms with E-state index in [1.54, 1.807) is 0 Å². The number of hydrogen-bond donors (Lipinski definition) is 3. The number of carbonyl (C=O) groups is 1. The van der Waals surface area contributed by atoms with Gasteiger partial charge in [0.15, 0.2) is 0 Å². The van der Waals surface area contributed by atoms with Gasteiger partial charge >= 0.3 is 0 Å². The van der Waals surface area contributed by atoms with E-state index in [1.165, 1.54) is 4.31 Å². The maximum atomic E-state index is 10.4. The quantitative estimate of drug-likeness (QED) is 0.352. The van der Waals surface area contributed by atoms with Gasteiger partial charge in [-0.15, -0.1) is 0 Å². The van der Waals surface area contributed by atoms with E-state index >= 15 is 0 Å². The summed E-state index contributed by atoms with van der Waals surface area (Å²) in [6.07, 6.45) is 0. The molecule has 0 aliphatic carbocycles. The second kappa shape index (κ2) is 3.82. The predicted octanol–water partition coefficient (Wildman–Crippen LogP) is -2.08. The number of rotatable bonds is 1. The lowest BCUT2D eigenvalue weighted by Crippen LogP contribution is -2.53. The Hall–Kier alpha value is -0.310. The molecular weight excluding hydrogens is 214 g/mol. The zero-order valence-corrected chi connectivity index (χ0v) is 8.51. The molecule has 2 aliphatic rings. The van der Waals surface area contributed by atoms with Crippen molar-refractivity contribution in [2.75, 3.05) is 19.6 Å². The van der Waals surface area contributed by atoms with Crippen LogP contribution in [0.1, 0.15) is 0 Å². The average molecular weight is 225 g/mol. The Labute approximate surface area is 82.1 Å². The van der Waals surface area contributed by atoms with Gasteiger partial charge in [0.2, 0.25) is 5.91 Å². The summed E-state index contributed by atoms with van der Waals surface area (Å²) in [6.45, 7) is 1.49. The summed E-state index contributed by atoms with van der Waals surface area (Å²) in [5.41, 5.74) is 0. The van der Waals surface area contributed by atoms with Gasteiger partial charge in [0.1, 0.15) is 0 Å². The Morgan fingerprint density at radius 1 is 1.54 bits per heavy atom.